The van der Waals surface area contributed by atoms with Crippen molar-refractivity contribution in [1.82, 2.24) is 9.97 Å². The summed E-state index contributed by atoms with van der Waals surface area (Å²) >= 11 is 3.50. The van der Waals surface area contributed by atoms with Crippen molar-refractivity contribution in [1.29, 1.82) is 0 Å². The molecule has 2 heterocycles. The van der Waals surface area contributed by atoms with Gasteiger partial charge in [-0.1, -0.05) is 0 Å². The topological polar surface area (TPSA) is 35.0 Å². The standard InChI is InChI=1S/C12H16N2OS2/c1-7-8(2)17-12-10(7)11(13-9(3)14-12)16-6-5-15-4/h5-6H2,1-4H3. The number of thioether (sulfide) groups is 1. The van der Waals surface area contributed by atoms with Crippen LogP contribution in [-0.4, -0.2) is 29.4 Å². The zero-order valence-electron chi connectivity index (χ0n) is 10.5. The van der Waals surface area contributed by atoms with Gasteiger partial charge in [0.05, 0.1) is 6.61 Å². The molecule has 0 amide bonds. The molecule has 0 saturated heterocycles. The molecule has 5 heteroatoms. The lowest BCUT2D eigenvalue weighted by molar-refractivity contribution is 0.218. The molecule has 2 rings (SSSR count). The van der Waals surface area contributed by atoms with Crippen LogP contribution in [0.15, 0.2) is 5.03 Å². The number of hydrogen-bond donors (Lipinski definition) is 0. The molecule has 17 heavy (non-hydrogen) atoms. The third kappa shape index (κ3) is 2.61. The molecule has 92 valence electrons. The lowest BCUT2D eigenvalue weighted by Crippen LogP contribution is -1.95. The highest BCUT2D eigenvalue weighted by atomic mass is 32.2. The van der Waals surface area contributed by atoms with Gasteiger partial charge in [-0.2, -0.15) is 0 Å². The van der Waals surface area contributed by atoms with Crippen LogP contribution in [0.1, 0.15) is 16.3 Å². The molecule has 0 aromatic carbocycles. The fraction of sp³-hybridized carbons (Fsp3) is 0.500. The van der Waals surface area contributed by atoms with E-state index in [0.717, 1.165) is 28.0 Å². The predicted molar refractivity (Wildman–Crippen MR) is 74.2 cm³/mol. The number of ether oxygens (including phenoxy) is 1. The molecule has 2 aromatic heterocycles. The molecule has 0 radical (unpaired) electrons. The summed E-state index contributed by atoms with van der Waals surface area (Å²) in [6, 6.07) is 0. The average Bonchev–Trinajstić information content (AvgIpc) is 2.54. The summed E-state index contributed by atoms with van der Waals surface area (Å²) in [7, 11) is 1.72. The van der Waals surface area contributed by atoms with Crippen LogP contribution in [0.5, 0.6) is 0 Å². The Morgan fingerprint density at radius 1 is 1.24 bits per heavy atom. The van der Waals surface area contributed by atoms with Gasteiger partial charge in [-0.05, 0) is 26.3 Å². The molecule has 0 aliphatic rings. The molecule has 0 atom stereocenters. The van der Waals surface area contributed by atoms with Crippen LogP contribution >= 0.6 is 23.1 Å². The third-order valence-corrected chi connectivity index (χ3v) is 4.67. The van der Waals surface area contributed by atoms with Crippen LogP contribution in [0.4, 0.5) is 0 Å². The van der Waals surface area contributed by atoms with Crippen LogP contribution in [-0.2, 0) is 4.74 Å². The number of rotatable bonds is 4. The Hall–Kier alpha value is -0.650. The lowest BCUT2D eigenvalue weighted by atomic mass is 10.2. The Morgan fingerprint density at radius 3 is 2.71 bits per heavy atom. The Bertz CT molecular complexity index is 537. The lowest BCUT2D eigenvalue weighted by Gasteiger charge is -2.04. The number of nitrogens with zero attached hydrogens (tertiary/aromatic N) is 2. The first-order valence-electron chi connectivity index (χ1n) is 5.49. The summed E-state index contributed by atoms with van der Waals surface area (Å²) in [6.07, 6.45) is 0. The van der Waals surface area contributed by atoms with E-state index in [1.807, 2.05) is 6.92 Å². The van der Waals surface area contributed by atoms with Crippen molar-refractivity contribution < 1.29 is 4.74 Å². The van der Waals surface area contributed by atoms with Crippen LogP contribution in [0, 0.1) is 20.8 Å². The quantitative estimate of drug-likeness (QED) is 0.484. The van der Waals surface area contributed by atoms with Crippen LogP contribution in [0.2, 0.25) is 0 Å². The molecule has 0 aliphatic heterocycles. The van der Waals surface area contributed by atoms with E-state index in [1.165, 1.54) is 15.8 Å². The minimum absolute atomic E-state index is 0.747. The summed E-state index contributed by atoms with van der Waals surface area (Å²) in [5.41, 5.74) is 1.31. The van der Waals surface area contributed by atoms with Crippen LogP contribution in [0.25, 0.3) is 10.2 Å². The zero-order chi connectivity index (χ0) is 12.4. The average molecular weight is 268 g/mol. The first-order valence-corrected chi connectivity index (χ1v) is 7.29. The van der Waals surface area contributed by atoms with Crippen LogP contribution in [0.3, 0.4) is 0 Å². The Morgan fingerprint density at radius 2 is 2.00 bits per heavy atom. The second kappa shape index (κ2) is 5.33. The fourth-order valence-electron chi connectivity index (χ4n) is 1.64. The molecule has 0 spiro atoms. The summed E-state index contributed by atoms with van der Waals surface area (Å²) in [6.45, 7) is 6.98. The van der Waals surface area contributed by atoms with Gasteiger partial charge >= 0.3 is 0 Å². The normalized spacial score (nSPS) is 11.3. The molecule has 0 aliphatic carbocycles. The van der Waals surface area contributed by atoms with Gasteiger partial charge in [0.15, 0.2) is 0 Å². The predicted octanol–water partition coefficient (Wildman–Crippen LogP) is 3.36. The summed E-state index contributed by atoms with van der Waals surface area (Å²) in [5.74, 6) is 1.77. The first kappa shape index (κ1) is 12.8. The molecule has 0 fully saturated rings. The number of hydrogen-bond acceptors (Lipinski definition) is 5. The highest BCUT2D eigenvalue weighted by molar-refractivity contribution is 7.99. The minimum Gasteiger partial charge on any atom is -0.384 e. The smallest absolute Gasteiger partial charge is 0.128 e. The van der Waals surface area contributed by atoms with E-state index in [-0.39, 0.29) is 0 Å². The van der Waals surface area contributed by atoms with Gasteiger partial charge < -0.3 is 4.74 Å². The van der Waals surface area contributed by atoms with Crippen molar-refractivity contribution in [2.45, 2.75) is 25.8 Å². The highest BCUT2D eigenvalue weighted by Gasteiger charge is 2.13. The van der Waals surface area contributed by atoms with Crippen molar-refractivity contribution in [3.63, 3.8) is 0 Å². The molecule has 2 aromatic rings. The van der Waals surface area contributed by atoms with Crippen molar-refractivity contribution in [3.8, 4) is 0 Å². The number of thiophene rings is 1. The van der Waals surface area contributed by atoms with Gasteiger partial charge in [0.1, 0.15) is 15.7 Å². The second-order valence-electron chi connectivity index (χ2n) is 3.88. The summed E-state index contributed by atoms with van der Waals surface area (Å²) in [5, 5.41) is 2.31. The molecule has 0 bridgehead atoms. The van der Waals surface area contributed by atoms with Gasteiger partial charge in [0, 0.05) is 23.1 Å². The fourth-order valence-corrected chi connectivity index (χ4v) is 3.81. The maximum atomic E-state index is 5.08. The van der Waals surface area contributed by atoms with E-state index in [0.29, 0.717) is 0 Å². The van der Waals surface area contributed by atoms with Crippen molar-refractivity contribution in [2.75, 3.05) is 19.5 Å². The van der Waals surface area contributed by atoms with Crippen molar-refractivity contribution in [3.05, 3.63) is 16.3 Å². The molecule has 0 N–H and O–H groups in total. The van der Waals surface area contributed by atoms with Gasteiger partial charge in [0.25, 0.3) is 0 Å². The van der Waals surface area contributed by atoms with E-state index in [1.54, 1.807) is 30.2 Å². The first-order chi connectivity index (χ1) is 8.13. The van der Waals surface area contributed by atoms with Gasteiger partial charge in [-0.15, -0.1) is 23.1 Å². The summed E-state index contributed by atoms with van der Waals surface area (Å²) < 4.78 is 5.08. The Kier molecular flexibility index (Phi) is 4.01. The number of methoxy groups -OCH3 is 1. The largest absolute Gasteiger partial charge is 0.384 e. The molecular formula is C12H16N2OS2. The van der Waals surface area contributed by atoms with E-state index >= 15 is 0 Å². The van der Waals surface area contributed by atoms with Gasteiger partial charge in [0.2, 0.25) is 0 Å². The number of aromatic nitrogens is 2. The highest BCUT2D eigenvalue weighted by Crippen LogP contribution is 2.34. The molecule has 0 unspecified atom stereocenters. The third-order valence-electron chi connectivity index (χ3n) is 2.63. The Labute approximate surface area is 110 Å². The maximum absolute atomic E-state index is 5.08. The van der Waals surface area contributed by atoms with E-state index in [2.05, 4.69) is 23.8 Å². The second-order valence-corrected chi connectivity index (χ2v) is 6.17. The zero-order valence-corrected chi connectivity index (χ0v) is 12.2. The number of fused-ring (bicyclic) bond motifs is 1. The SMILES string of the molecule is COCCSc1nc(C)nc2sc(C)c(C)c12. The van der Waals surface area contributed by atoms with Gasteiger partial charge in [-0.3, -0.25) is 0 Å². The van der Waals surface area contributed by atoms with Crippen molar-refractivity contribution in [2.24, 2.45) is 0 Å². The van der Waals surface area contributed by atoms with E-state index in [9.17, 15) is 0 Å². The Balaban J connectivity index is 2.44. The monoisotopic (exact) mass is 268 g/mol. The molecular weight excluding hydrogens is 252 g/mol. The van der Waals surface area contributed by atoms with E-state index in [4.69, 9.17) is 4.74 Å². The minimum atomic E-state index is 0.747. The summed E-state index contributed by atoms with van der Waals surface area (Å²) in [4.78, 5) is 11.5. The number of aryl methyl sites for hydroxylation is 3. The van der Waals surface area contributed by atoms with Gasteiger partial charge in [-0.25, -0.2) is 9.97 Å². The van der Waals surface area contributed by atoms with Crippen LogP contribution < -0.4 is 0 Å². The molecule has 0 saturated carbocycles. The van der Waals surface area contributed by atoms with E-state index < -0.39 is 0 Å². The maximum Gasteiger partial charge on any atom is 0.128 e. The molecule has 3 nitrogen and oxygen atoms in total. The van der Waals surface area contributed by atoms with Crippen molar-refractivity contribution >= 4 is 33.3 Å².